The number of aliphatic hydroxyl groups excluding tert-OH is 1. The Morgan fingerprint density at radius 1 is 1.25 bits per heavy atom. The molecule has 3 atom stereocenters. The van der Waals surface area contributed by atoms with Gasteiger partial charge in [-0.25, -0.2) is 0 Å². The third-order valence-electron chi connectivity index (χ3n) is 5.65. The molecule has 0 aliphatic heterocycles. The number of hydrogen-bond acceptors (Lipinski definition) is 2. The van der Waals surface area contributed by atoms with Gasteiger partial charge in [0.05, 0.1) is 6.10 Å². The Morgan fingerprint density at radius 3 is 2.90 bits per heavy atom. The first-order valence-electron chi connectivity index (χ1n) is 8.21. The van der Waals surface area contributed by atoms with Crippen LogP contribution in [0.1, 0.15) is 69.5 Å². The molecule has 0 saturated heterocycles. The minimum absolute atomic E-state index is 0.223. The second kappa shape index (κ2) is 5.48. The van der Waals surface area contributed by atoms with E-state index >= 15 is 0 Å². The summed E-state index contributed by atoms with van der Waals surface area (Å²) in [5.74, 6) is 0.677. The molecule has 110 valence electrons. The van der Waals surface area contributed by atoms with Crippen molar-refractivity contribution in [2.75, 3.05) is 0 Å². The van der Waals surface area contributed by atoms with Gasteiger partial charge < -0.3 is 5.11 Å². The summed E-state index contributed by atoms with van der Waals surface area (Å²) in [5.41, 5.74) is 2.80. The summed E-state index contributed by atoms with van der Waals surface area (Å²) in [6, 6.07) is 4.21. The molecule has 2 nitrogen and oxygen atoms in total. The highest BCUT2D eigenvalue weighted by atomic mass is 16.3. The van der Waals surface area contributed by atoms with Crippen molar-refractivity contribution in [2.45, 2.75) is 70.8 Å². The Bertz CT molecular complexity index is 468. The topological polar surface area (TPSA) is 33.1 Å². The van der Waals surface area contributed by atoms with E-state index in [1.54, 1.807) is 0 Å². The van der Waals surface area contributed by atoms with Crippen LogP contribution in [0.2, 0.25) is 0 Å². The van der Waals surface area contributed by atoms with Crippen LogP contribution < -0.4 is 0 Å². The van der Waals surface area contributed by atoms with Crippen LogP contribution in [0.25, 0.3) is 0 Å². The first kappa shape index (κ1) is 14.1. The largest absolute Gasteiger partial charge is 0.392 e. The van der Waals surface area contributed by atoms with E-state index in [0.717, 1.165) is 12.8 Å². The summed E-state index contributed by atoms with van der Waals surface area (Å²) < 4.78 is 0. The van der Waals surface area contributed by atoms with E-state index in [1.807, 2.05) is 12.3 Å². The predicted molar refractivity (Wildman–Crippen MR) is 81.7 cm³/mol. The van der Waals surface area contributed by atoms with Crippen molar-refractivity contribution < 1.29 is 5.11 Å². The predicted octanol–water partition coefficient (Wildman–Crippen LogP) is 4.08. The third-order valence-corrected chi connectivity index (χ3v) is 5.65. The van der Waals surface area contributed by atoms with Crippen molar-refractivity contribution in [3.8, 4) is 0 Å². The third kappa shape index (κ3) is 2.50. The fourth-order valence-corrected chi connectivity index (χ4v) is 4.41. The summed E-state index contributed by atoms with van der Waals surface area (Å²) in [4.78, 5) is 4.60. The summed E-state index contributed by atoms with van der Waals surface area (Å²) in [6.45, 7) is 4.67. The van der Waals surface area contributed by atoms with E-state index in [0.29, 0.717) is 5.92 Å². The van der Waals surface area contributed by atoms with Gasteiger partial charge in [0.1, 0.15) is 0 Å². The summed E-state index contributed by atoms with van der Waals surface area (Å²) in [6.07, 6.45) is 10.1. The molecule has 0 amide bonds. The van der Waals surface area contributed by atoms with Gasteiger partial charge in [0.2, 0.25) is 0 Å². The van der Waals surface area contributed by atoms with Crippen LogP contribution in [-0.4, -0.2) is 16.2 Å². The molecule has 3 rings (SSSR count). The molecule has 0 radical (unpaired) electrons. The number of aliphatic hydroxyl groups is 1. The van der Waals surface area contributed by atoms with Crippen LogP contribution in [-0.2, 0) is 6.42 Å². The van der Waals surface area contributed by atoms with Crippen molar-refractivity contribution >= 4 is 0 Å². The summed E-state index contributed by atoms with van der Waals surface area (Å²) in [5, 5.41) is 11.0. The molecule has 2 aliphatic rings. The second-order valence-corrected chi connectivity index (χ2v) is 7.38. The van der Waals surface area contributed by atoms with Gasteiger partial charge in [-0.3, -0.25) is 4.98 Å². The number of pyridine rings is 1. The van der Waals surface area contributed by atoms with Gasteiger partial charge in [0.15, 0.2) is 0 Å². The van der Waals surface area contributed by atoms with Gasteiger partial charge in [-0.1, -0.05) is 32.8 Å². The smallest absolute Gasteiger partial charge is 0.0657 e. The molecule has 1 aromatic heterocycles. The molecule has 1 N–H and O–H groups in total. The first-order chi connectivity index (χ1) is 9.59. The van der Waals surface area contributed by atoms with Gasteiger partial charge in [-0.05, 0) is 55.1 Å². The minimum Gasteiger partial charge on any atom is -0.392 e. The number of aryl methyl sites for hydroxylation is 1. The maximum absolute atomic E-state index is 11.0. The van der Waals surface area contributed by atoms with E-state index in [2.05, 4.69) is 24.9 Å². The maximum Gasteiger partial charge on any atom is 0.0657 e. The molecule has 20 heavy (non-hydrogen) atoms. The van der Waals surface area contributed by atoms with Crippen molar-refractivity contribution in [1.82, 2.24) is 4.98 Å². The molecule has 0 aromatic carbocycles. The average molecular weight is 273 g/mol. The molecule has 3 unspecified atom stereocenters. The zero-order valence-corrected chi connectivity index (χ0v) is 12.8. The lowest BCUT2D eigenvalue weighted by Crippen LogP contribution is -2.41. The van der Waals surface area contributed by atoms with Crippen molar-refractivity contribution in [1.29, 1.82) is 0 Å². The highest BCUT2D eigenvalue weighted by Crippen LogP contribution is 2.47. The average Bonchev–Trinajstić information content (AvgIpc) is 2.45. The quantitative estimate of drug-likeness (QED) is 0.880. The SMILES string of the molecule is CC1(C)CCCCC1C(O)C1CCCc2cccnc21. The summed E-state index contributed by atoms with van der Waals surface area (Å²) >= 11 is 0. The summed E-state index contributed by atoms with van der Waals surface area (Å²) in [7, 11) is 0. The fourth-order valence-electron chi connectivity index (χ4n) is 4.41. The normalized spacial score (nSPS) is 30.6. The Labute approximate surface area is 122 Å². The standard InChI is InChI=1S/C18H27NO/c1-18(2)11-4-3-10-15(18)17(20)14-9-5-7-13-8-6-12-19-16(13)14/h6,8,12,14-15,17,20H,3-5,7,9-11H2,1-2H3. The minimum atomic E-state index is -0.223. The first-order valence-corrected chi connectivity index (χ1v) is 8.21. The molecule has 0 bridgehead atoms. The molecule has 1 aromatic rings. The van der Waals surface area contributed by atoms with Crippen molar-refractivity contribution in [2.24, 2.45) is 11.3 Å². The van der Waals surface area contributed by atoms with Crippen molar-refractivity contribution in [3.05, 3.63) is 29.6 Å². The van der Waals surface area contributed by atoms with E-state index < -0.39 is 0 Å². The molecule has 0 spiro atoms. The van der Waals surface area contributed by atoms with Crippen LogP contribution in [0, 0.1) is 11.3 Å². The van der Waals surface area contributed by atoms with E-state index in [4.69, 9.17) is 0 Å². The Balaban J connectivity index is 1.86. The highest BCUT2D eigenvalue weighted by Gasteiger charge is 2.41. The van der Waals surface area contributed by atoms with E-state index in [-0.39, 0.29) is 17.4 Å². The van der Waals surface area contributed by atoms with Crippen molar-refractivity contribution in [3.63, 3.8) is 0 Å². The van der Waals surface area contributed by atoms with Gasteiger partial charge in [-0.2, -0.15) is 0 Å². The van der Waals surface area contributed by atoms with Gasteiger partial charge >= 0.3 is 0 Å². The Morgan fingerprint density at radius 2 is 2.10 bits per heavy atom. The zero-order valence-electron chi connectivity index (χ0n) is 12.8. The number of aromatic nitrogens is 1. The van der Waals surface area contributed by atoms with Gasteiger partial charge in [0.25, 0.3) is 0 Å². The molecular weight excluding hydrogens is 246 g/mol. The van der Waals surface area contributed by atoms with Crippen LogP contribution in [0.4, 0.5) is 0 Å². The highest BCUT2D eigenvalue weighted by molar-refractivity contribution is 5.27. The molecular formula is C18H27NO. The van der Waals surface area contributed by atoms with E-state index in [1.165, 1.54) is 43.4 Å². The van der Waals surface area contributed by atoms with Crippen LogP contribution in [0.5, 0.6) is 0 Å². The maximum atomic E-state index is 11.0. The lowest BCUT2D eigenvalue weighted by molar-refractivity contribution is -0.0143. The van der Waals surface area contributed by atoms with Crippen LogP contribution in [0.15, 0.2) is 18.3 Å². The Hall–Kier alpha value is -0.890. The molecule has 1 heterocycles. The molecule has 2 heteroatoms. The number of fused-ring (bicyclic) bond motifs is 1. The van der Waals surface area contributed by atoms with Gasteiger partial charge in [-0.15, -0.1) is 0 Å². The van der Waals surface area contributed by atoms with Gasteiger partial charge in [0, 0.05) is 17.8 Å². The number of hydrogen-bond donors (Lipinski definition) is 1. The number of rotatable bonds is 2. The zero-order chi connectivity index (χ0) is 14.2. The lowest BCUT2D eigenvalue weighted by atomic mass is 9.63. The fraction of sp³-hybridized carbons (Fsp3) is 0.722. The molecule has 2 aliphatic carbocycles. The lowest BCUT2D eigenvalue weighted by Gasteiger charge is -2.44. The monoisotopic (exact) mass is 273 g/mol. The second-order valence-electron chi connectivity index (χ2n) is 7.38. The molecule has 1 saturated carbocycles. The van der Waals surface area contributed by atoms with Crippen LogP contribution >= 0.6 is 0 Å². The molecule has 1 fully saturated rings. The Kier molecular flexibility index (Phi) is 3.85. The van der Waals surface area contributed by atoms with E-state index in [9.17, 15) is 5.11 Å². The van der Waals surface area contributed by atoms with Crippen LogP contribution in [0.3, 0.4) is 0 Å². The number of nitrogens with zero attached hydrogens (tertiary/aromatic N) is 1.